The average Bonchev–Trinajstić information content (AvgIpc) is 2.98. The molecule has 0 spiro atoms. The van der Waals surface area contributed by atoms with Crippen LogP contribution in [0.4, 0.5) is 5.69 Å². The molecule has 1 N–H and O–H groups in total. The van der Waals surface area contributed by atoms with E-state index in [2.05, 4.69) is 5.32 Å². The summed E-state index contributed by atoms with van der Waals surface area (Å²) < 4.78 is 0. The van der Waals surface area contributed by atoms with Gasteiger partial charge in [-0.3, -0.25) is 14.9 Å². The number of benzene rings is 1. The molecule has 0 radical (unpaired) electrons. The van der Waals surface area contributed by atoms with E-state index in [0.717, 1.165) is 31.5 Å². The molecular formula is C14H19N3O3. The van der Waals surface area contributed by atoms with Crippen molar-refractivity contribution in [1.82, 2.24) is 10.2 Å². The van der Waals surface area contributed by atoms with Crippen LogP contribution in [0.1, 0.15) is 24.8 Å². The first-order valence-electron chi connectivity index (χ1n) is 6.88. The lowest BCUT2D eigenvalue weighted by Gasteiger charge is -2.15. The van der Waals surface area contributed by atoms with E-state index in [0.29, 0.717) is 19.5 Å². The van der Waals surface area contributed by atoms with Gasteiger partial charge in [0.15, 0.2) is 0 Å². The molecule has 1 aliphatic rings. The summed E-state index contributed by atoms with van der Waals surface area (Å²) in [5.41, 5.74) is 0.949. The summed E-state index contributed by atoms with van der Waals surface area (Å²) in [7, 11) is 0. The first kappa shape index (κ1) is 14.5. The molecule has 0 saturated carbocycles. The Morgan fingerprint density at radius 3 is 2.80 bits per heavy atom. The van der Waals surface area contributed by atoms with Crippen LogP contribution >= 0.6 is 0 Å². The van der Waals surface area contributed by atoms with Gasteiger partial charge in [0.25, 0.3) is 5.69 Å². The van der Waals surface area contributed by atoms with Crippen molar-refractivity contribution in [3.8, 4) is 0 Å². The Bertz CT molecular complexity index is 484. The van der Waals surface area contributed by atoms with Crippen LogP contribution in [-0.4, -0.2) is 35.4 Å². The van der Waals surface area contributed by atoms with E-state index in [1.165, 1.54) is 6.07 Å². The predicted octanol–water partition coefficient (Wildman–Crippen LogP) is 1.70. The Hall–Kier alpha value is -1.95. The summed E-state index contributed by atoms with van der Waals surface area (Å²) in [6, 6.07) is 6.53. The fraction of sp³-hybridized carbons (Fsp3) is 0.500. The maximum atomic E-state index is 11.8. The summed E-state index contributed by atoms with van der Waals surface area (Å²) >= 11 is 0. The number of rotatable bonds is 6. The number of nitro benzene ring substituents is 1. The standard InChI is InChI=1S/C14H19N3O3/c18-14(16-8-1-2-9-16)6-7-15-11-12-4-3-5-13(10-12)17(19)20/h3-5,10,15H,1-2,6-9,11H2. The van der Waals surface area contributed by atoms with Crippen LogP contribution < -0.4 is 5.32 Å². The zero-order chi connectivity index (χ0) is 14.4. The monoisotopic (exact) mass is 277 g/mol. The van der Waals surface area contributed by atoms with Gasteiger partial charge in [0.1, 0.15) is 0 Å². The second kappa shape index (κ2) is 7.00. The fourth-order valence-corrected chi connectivity index (χ4v) is 2.33. The molecule has 0 aromatic heterocycles. The van der Waals surface area contributed by atoms with Crippen LogP contribution in [0.25, 0.3) is 0 Å². The quantitative estimate of drug-likeness (QED) is 0.488. The van der Waals surface area contributed by atoms with Crippen molar-refractivity contribution >= 4 is 11.6 Å². The number of hydrogen-bond acceptors (Lipinski definition) is 4. The van der Waals surface area contributed by atoms with Crippen LogP contribution in [0.2, 0.25) is 0 Å². The number of non-ortho nitro benzene ring substituents is 1. The third-order valence-electron chi connectivity index (χ3n) is 3.42. The molecule has 6 nitrogen and oxygen atoms in total. The highest BCUT2D eigenvalue weighted by molar-refractivity contribution is 5.76. The maximum Gasteiger partial charge on any atom is 0.269 e. The van der Waals surface area contributed by atoms with Gasteiger partial charge in [-0.1, -0.05) is 12.1 Å². The fourth-order valence-electron chi connectivity index (χ4n) is 2.33. The molecule has 0 unspecified atom stereocenters. The van der Waals surface area contributed by atoms with Gasteiger partial charge < -0.3 is 10.2 Å². The topological polar surface area (TPSA) is 75.5 Å². The van der Waals surface area contributed by atoms with Crippen LogP contribution in [-0.2, 0) is 11.3 Å². The second-order valence-corrected chi connectivity index (χ2v) is 4.94. The molecule has 1 aromatic rings. The van der Waals surface area contributed by atoms with E-state index in [1.54, 1.807) is 12.1 Å². The van der Waals surface area contributed by atoms with Gasteiger partial charge in [-0.15, -0.1) is 0 Å². The Morgan fingerprint density at radius 1 is 1.35 bits per heavy atom. The van der Waals surface area contributed by atoms with Gasteiger partial charge in [-0.25, -0.2) is 0 Å². The number of nitrogens with one attached hydrogen (secondary N) is 1. The van der Waals surface area contributed by atoms with E-state index >= 15 is 0 Å². The van der Waals surface area contributed by atoms with Crippen LogP contribution in [0, 0.1) is 10.1 Å². The van der Waals surface area contributed by atoms with Gasteiger partial charge in [-0.2, -0.15) is 0 Å². The molecule has 108 valence electrons. The highest BCUT2D eigenvalue weighted by atomic mass is 16.6. The van der Waals surface area contributed by atoms with Crippen molar-refractivity contribution in [3.05, 3.63) is 39.9 Å². The summed E-state index contributed by atoms with van der Waals surface area (Å²) in [5.74, 6) is 0.189. The molecular weight excluding hydrogens is 258 g/mol. The zero-order valence-electron chi connectivity index (χ0n) is 11.4. The van der Waals surface area contributed by atoms with E-state index in [4.69, 9.17) is 0 Å². The van der Waals surface area contributed by atoms with E-state index < -0.39 is 4.92 Å². The van der Waals surface area contributed by atoms with Crippen molar-refractivity contribution in [1.29, 1.82) is 0 Å². The Balaban J connectivity index is 1.71. The third kappa shape index (κ3) is 4.03. The normalized spacial score (nSPS) is 14.5. The van der Waals surface area contributed by atoms with Crippen molar-refractivity contribution in [2.24, 2.45) is 0 Å². The number of nitro groups is 1. The van der Waals surface area contributed by atoms with E-state index in [-0.39, 0.29) is 11.6 Å². The summed E-state index contributed by atoms with van der Waals surface area (Å²) in [6.45, 7) is 2.89. The molecule has 0 atom stereocenters. The smallest absolute Gasteiger partial charge is 0.269 e. The SMILES string of the molecule is O=C(CCNCc1cccc([N+](=O)[O-])c1)N1CCCC1. The number of nitrogens with zero attached hydrogens (tertiary/aromatic N) is 2. The number of carbonyl (C=O) groups excluding carboxylic acids is 1. The highest BCUT2D eigenvalue weighted by Gasteiger charge is 2.16. The summed E-state index contributed by atoms with van der Waals surface area (Å²) in [4.78, 5) is 23.9. The van der Waals surface area contributed by atoms with Crippen molar-refractivity contribution in [2.45, 2.75) is 25.8 Å². The first-order valence-corrected chi connectivity index (χ1v) is 6.88. The Labute approximate surface area is 117 Å². The maximum absolute atomic E-state index is 11.8. The minimum Gasteiger partial charge on any atom is -0.343 e. The summed E-state index contributed by atoms with van der Waals surface area (Å²) in [6.07, 6.45) is 2.69. The summed E-state index contributed by atoms with van der Waals surface area (Å²) in [5, 5.41) is 13.8. The van der Waals surface area contributed by atoms with Crippen LogP contribution in [0.5, 0.6) is 0 Å². The van der Waals surface area contributed by atoms with Gasteiger partial charge in [0.05, 0.1) is 4.92 Å². The van der Waals surface area contributed by atoms with Crippen molar-refractivity contribution in [2.75, 3.05) is 19.6 Å². The minimum atomic E-state index is -0.402. The lowest BCUT2D eigenvalue weighted by atomic mass is 10.2. The lowest BCUT2D eigenvalue weighted by molar-refractivity contribution is -0.384. The second-order valence-electron chi connectivity index (χ2n) is 4.94. The molecule has 1 heterocycles. The molecule has 0 aliphatic carbocycles. The van der Waals surface area contributed by atoms with E-state index in [1.807, 2.05) is 11.0 Å². The zero-order valence-corrected chi connectivity index (χ0v) is 11.4. The molecule has 6 heteroatoms. The molecule has 2 rings (SSSR count). The van der Waals surface area contributed by atoms with Crippen LogP contribution in [0.3, 0.4) is 0 Å². The van der Waals surface area contributed by atoms with Gasteiger partial charge in [-0.05, 0) is 18.4 Å². The van der Waals surface area contributed by atoms with E-state index in [9.17, 15) is 14.9 Å². The van der Waals surface area contributed by atoms with Gasteiger partial charge >= 0.3 is 0 Å². The molecule has 1 saturated heterocycles. The van der Waals surface area contributed by atoms with Crippen LogP contribution in [0.15, 0.2) is 24.3 Å². The Kier molecular flexibility index (Phi) is 5.06. The Morgan fingerprint density at radius 2 is 2.10 bits per heavy atom. The number of hydrogen-bond donors (Lipinski definition) is 1. The lowest BCUT2D eigenvalue weighted by Crippen LogP contribution is -2.30. The molecule has 1 amide bonds. The van der Waals surface area contributed by atoms with Gasteiger partial charge in [0.2, 0.25) is 5.91 Å². The number of likely N-dealkylation sites (tertiary alicyclic amines) is 1. The molecule has 0 bridgehead atoms. The minimum absolute atomic E-state index is 0.0949. The average molecular weight is 277 g/mol. The van der Waals surface area contributed by atoms with Gasteiger partial charge in [0, 0.05) is 44.7 Å². The molecule has 1 fully saturated rings. The number of carbonyl (C=O) groups is 1. The highest BCUT2D eigenvalue weighted by Crippen LogP contribution is 2.13. The third-order valence-corrected chi connectivity index (χ3v) is 3.42. The predicted molar refractivity (Wildman–Crippen MR) is 75.2 cm³/mol. The number of amides is 1. The molecule has 1 aromatic carbocycles. The molecule has 20 heavy (non-hydrogen) atoms. The van der Waals surface area contributed by atoms with Crippen molar-refractivity contribution < 1.29 is 9.72 Å². The van der Waals surface area contributed by atoms with Crippen molar-refractivity contribution in [3.63, 3.8) is 0 Å². The first-order chi connectivity index (χ1) is 9.66. The largest absolute Gasteiger partial charge is 0.343 e. The molecule has 1 aliphatic heterocycles.